The Morgan fingerprint density at radius 2 is 2.20 bits per heavy atom. The van der Waals surface area contributed by atoms with E-state index in [1.54, 1.807) is 44.3 Å². The Labute approximate surface area is 123 Å². The average molecular weight is 296 g/mol. The first-order valence-electron chi connectivity index (χ1n) is 6.51. The Morgan fingerprint density at radius 1 is 1.50 bits per heavy atom. The summed E-state index contributed by atoms with van der Waals surface area (Å²) in [5.74, 6) is -0.778. The Balaban J connectivity index is 2.45. The second-order valence-corrected chi connectivity index (χ2v) is 5.46. The van der Waals surface area contributed by atoms with Crippen LogP contribution < -0.4 is 4.90 Å². The van der Waals surface area contributed by atoms with Crippen molar-refractivity contribution in [2.75, 3.05) is 18.6 Å². The van der Waals surface area contributed by atoms with Crippen LogP contribution in [0.25, 0.3) is 0 Å². The molecule has 1 amide bonds. The molecule has 1 aromatic carbocycles. The SMILES string of the molecule is C[C@H](/C=C/CCO)[C@@]1(O)C(=O)N(C)c2ccc(Cl)cc21. The number of likely N-dealkylation sites (N-methyl/N-ethyl adjacent to an activating group) is 1. The highest BCUT2D eigenvalue weighted by molar-refractivity contribution is 6.31. The third-order valence-electron chi connectivity index (χ3n) is 3.74. The molecule has 0 saturated carbocycles. The summed E-state index contributed by atoms with van der Waals surface area (Å²) in [6.07, 6.45) is 4.00. The van der Waals surface area contributed by atoms with E-state index in [0.29, 0.717) is 22.7 Å². The Bertz CT molecular complexity index is 558. The van der Waals surface area contributed by atoms with Gasteiger partial charge in [0.05, 0.1) is 5.69 Å². The quantitative estimate of drug-likeness (QED) is 0.836. The topological polar surface area (TPSA) is 60.8 Å². The smallest absolute Gasteiger partial charge is 0.264 e. The van der Waals surface area contributed by atoms with Gasteiger partial charge < -0.3 is 15.1 Å². The summed E-state index contributed by atoms with van der Waals surface area (Å²) in [5, 5.41) is 20.2. The molecule has 1 aromatic rings. The number of benzene rings is 1. The molecular formula is C15H18ClNO3. The molecule has 0 spiro atoms. The fourth-order valence-electron chi connectivity index (χ4n) is 2.54. The van der Waals surface area contributed by atoms with Gasteiger partial charge in [-0.1, -0.05) is 30.7 Å². The molecule has 0 radical (unpaired) electrons. The largest absolute Gasteiger partial charge is 0.396 e. The number of fused-ring (bicyclic) bond motifs is 1. The molecule has 1 aliphatic rings. The summed E-state index contributed by atoms with van der Waals surface area (Å²) in [5.41, 5.74) is -0.413. The number of halogens is 1. The Kier molecular flexibility index (Phi) is 4.18. The van der Waals surface area contributed by atoms with Gasteiger partial charge in [-0.25, -0.2) is 0 Å². The maximum absolute atomic E-state index is 12.4. The van der Waals surface area contributed by atoms with Crippen molar-refractivity contribution in [1.82, 2.24) is 0 Å². The predicted molar refractivity (Wildman–Crippen MR) is 78.8 cm³/mol. The van der Waals surface area contributed by atoms with Gasteiger partial charge in [-0.15, -0.1) is 0 Å². The van der Waals surface area contributed by atoms with E-state index in [2.05, 4.69) is 0 Å². The molecule has 2 rings (SSSR count). The summed E-state index contributed by atoms with van der Waals surface area (Å²) in [4.78, 5) is 13.9. The number of aliphatic hydroxyl groups is 2. The standard InChI is InChI=1S/C15H18ClNO3/c1-10(5-3-4-8-18)15(20)12-9-11(16)6-7-13(12)17(2)14(15)19/h3,5-7,9-10,18,20H,4,8H2,1-2H3/b5-3+/t10-,15+/m1/s1. The first kappa shape index (κ1) is 15.0. The van der Waals surface area contributed by atoms with Gasteiger partial charge in [0.1, 0.15) is 0 Å². The van der Waals surface area contributed by atoms with Crippen molar-refractivity contribution in [2.24, 2.45) is 5.92 Å². The van der Waals surface area contributed by atoms with Crippen LogP contribution in [0.3, 0.4) is 0 Å². The number of carbonyl (C=O) groups is 1. The van der Waals surface area contributed by atoms with E-state index in [9.17, 15) is 9.90 Å². The molecule has 0 aliphatic carbocycles. The van der Waals surface area contributed by atoms with Gasteiger partial charge in [0, 0.05) is 30.2 Å². The lowest BCUT2D eigenvalue weighted by Gasteiger charge is -2.27. The van der Waals surface area contributed by atoms with Crippen molar-refractivity contribution in [3.63, 3.8) is 0 Å². The number of hydrogen-bond acceptors (Lipinski definition) is 3. The second-order valence-electron chi connectivity index (χ2n) is 5.02. The van der Waals surface area contributed by atoms with Gasteiger partial charge in [0.2, 0.25) is 0 Å². The number of carbonyl (C=O) groups excluding carboxylic acids is 1. The first-order valence-corrected chi connectivity index (χ1v) is 6.88. The summed E-state index contributed by atoms with van der Waals surface area (Å²) < 4.78 is 0. The third-order valence-corrected chi connectivity index (χ3v) is 3.98. The fraction of sp³-hybridized carbons (Fsp3) is 0.400. The van der Waals surface area contributed by atoms with Crippen LogP contribution in [0.4, 0.5) is 5.69 Å². The minimum Gasteiger partial charge on any atom is -0.396 e. The van der Waals surface area contributed by atoms with E-state index in [0.717, 1.165) is 0 Å². The maximum atomic E-state index is 12.4. The number of nitrogens with zero attached hydrogens (tertiary/aromatic N) is 1. The molecule has 0 bridgehead atoms. The summed E-state index contributed by atoms with van der Waals surface area (Å²) in [6, 6.07) is 5.06. The molecule has 5 heteroatoms. The molecule has 2 N–H and O–H groups in total. The number of hydrogen-bond donors (Lipinski definition) is 2. The minimum atomic E-state index is -1.61. The zero-order valence-electron chi connectivity index (χ0n) is 11.5. The molecule has 0 aromatic heterocycles. The van der Waals surface area contributed by atoms with Crippen molar-refractivity contribution in [1.29, 1.82) is 0 Å². The number of amides is 1. The highest BCUT2D eigenvalue weighted by Crippen LogP contribution is 2.45. The monoisotopic (exact) mass is 295 g/mol. The highest BCUT2D eigenvalue weighted by Gasteiger charge is 2.51. The molecule has 20 heavy (non-hydrogen) atoms. The van der Waals surface area contributed by atoms with Gasteiger partial charge in [-0.2, -0.15) is 0 Å². The lowest BCUT2D eigenvalue weighted by Crippen LogP contribution is -2.43. The Morgan fingerprint density at radius 3 is 2.85 bits per heavy atom. The number of aliphatic hydroxyl groups excluding tert-OH is 1. The van der Waals surface area contributed by atoms with Crippen LogP contribution in [-0.4, -0.2) is 29.8 Å². The van der Waals surface area contributed by atoms with Crippen LogP contribution in [0.15, 0.2) is 30.4 Å². The van der Waals surface area contributed by atoms with Crippen molar-refractivity contribution < 1.29 is 15.0 Å². The zero-order chi connectivity index (χ0) is 14.9. The maximum Gasteiger partial charge on any atom is 0.264 e. The normalized spacial score (nSPS) is 23.4. The van der Waals surface area contributed by atoms with Crippen molar-refractivity contribution in [3.8, 4) is 0 Å². The molecular weight excluding hydrogens is 278 g/mol. The number of anilines is 1. The van der Waals surface area contributed by atoms with Crippen LogP contribution in [-0.2, 0) is 10.4 Å². The van der Waals surface area contributed by atoms with E-state index in [4.69, 9.17) is 16.7 Å². The summed E-state index contributed by atoms with van der Waals surface area (Å²) in [7, 11) is 1.64. The van der Waals surface area contributed by atoms with Gasteiger partial charge >= 0.3 is 0 Å². The van der Waals surface area contributed by atoms with E-state index in [1.165, 1.54) is 4.90 Å². The Hall–Kier alpha value is -1.36. The lowest BCUT2D eigenvalue weighted by atomic mass is 9.83. The molecule has 2 atom stereocenters. The van der Waals surface area contributed by atoms with Crippen LogP contribution in [0.5, 0.6) is 0 Å². The van der Waals surface area contributed by atoms with E-state index >= 15 is 0 Å². The molecule has 4 nitrogen and oxygen atoms in total. The number of rotatable bonds is 4. The molecule has 0 saturated heterocycles. The fourth-order valence-corrected chi connectivity index (χ4v) is 2.71. The molecule has 108 valence electrons. The first-order chi connectivity index (χ1) is 9.42. The molecule has 0 fully saturated rings. The second kappa shape index (κ2) is 5.56. The predicted octanol–water partition coefficient (Wildman–Crippen LogP) is 2.08. The van der Waals surface area contributed by atoms with E-state index in [-0.39, 0.29) is 12.5 Å². The van der Waals surface area contributed by atoms with Gasteiger partial charge in [-0.05, 0) is 24.6 Å². The van der Waals surface area contributed by atoms with E-state index < -0.39 is 11.5 Å². The molecule has 0 unspecified atom stereocenters. The van der Waals surface area contributed by atoms with Gasteiger partial charge in [0.15, 0.2) is 5.60 Å². The van der Waals surface area contributed by atoms with Crippen LogP contribution in [0.1, 0.15) is 18.9 Å². The van der Waals surface area contributed by atoms with Crippen molar-refractivity contribution in [3.05, 3.63) is 40.9 Å². The van der Waals surface area contributed by atoms with Crippen LogP contribution >= 0.6 is 11.6 Å². The lowest BCUT2D eigenvalue weighted by molar-refractivity contribution is -0.139. The summed E-state index contributed by atoms with van der Waals surface area (Å²) in [6.45, 7) is 1.81. The van der Waals surface area contributed by atoms with Gasteiger partial charge in [0.25, 0.3) is 5.91 Å². The minimum absolute atomic E-state index is 0.0396. The molecule has 1 aliphatic heterocycles. The highest BCUT2D eigenvalue weighted by atomic mass is 35.5. The van der Waals surface area contributed by atoms with Crippen molar-refractivity contribution >= 4 is 23.2 Å². The zero-order valence-corrected chi connectivity index (χ0v) is 12.3. The van der Waals surface area contributed by atoms with E-state index in [1.807, 2.05) is 0 Å². The van der Waals surface area contributed by atoms with Crippen molar-refractivity contribution in [2.45, 2.75) is 18.9 Å². The third kappa shape index (κ3) is 2.24. The average Bonchev–Trinajstić information content (AvgIpc) is 2.62. The summed E-state index contributed by atoms with van der Waals surface area (Å²) >= 11 is 5.99. The van der Waals surface area contributed by atoms with Crippen LogP contribution in [0, 0.1) is 5.92 Å². The molecule has 1 heterocycles. The van der Waals surface area contributed by atoms with Crippen LogP contribution in [0.2, 0.25) is 5.02 Å². The van der Waals surface area contributed by atoms with Gasteiger partial charge in [-0.3, -0.25) is 4.79 Å².